The molecular weight excluding hydrogens is 362 g/mol. The van der Waals surface area contributed by atoms with E-state index in [4.69, 9.17) is 5.73 Å². The number of β-lactam (4-membered cyclic amide) rings is 1. The topological polar surface area (TPSA) is 113 Å². The van der Waals surface area contributed by atoms with Gasteiger partial charge in [-0.25, -0.2) is 4.79 Å². The maximum Gasteiger partial charge on any atom is 0.353 e. The van der Waals surface area contributed by atoms with Gasteiger partial charge in [-0.1, -0.05) is 30.3 Å². The molecule has 1 saturated heterocycles. The van der Waals surface area contributed by atoms with E-state index in [1.54, 1.807) is 30.5 Å². The zero-order chi connectivity index (χ0) is 18.1. The second-order valence-electron chi connectivity index (χ2n) is 5.57. The zero-order valence-electron chi connectivity index (χ0n) is 13.3. The van der Waals surface area contributed by atoms with E-state index >= 15 is 0 Å². The summed E-state index contributed by atoms with van der Waals surface area (Å²) in [6, 6.07) is 7.23. The van der Waals surface area contributed by atoms with Crippen LogP contribution in [-0.2, 0) is 14.4 Å². The first-order valence-electron chi connectivity index (χ1n) is 7.51. The van der Waals surface area contributed by atoms with Gasteiger partial charge in [0.1, 0.15) is 23.2 Å². The van der Waals surface area contributed by atoms with E-state index in [1.165, 1.54) is 28.4 Å². The Labute approximate surface area is 153 Å². The molecule has 2 aliphatic heterocycles. The average Bonchev–Trinajstić information content (AvgIpc) is 2.64. The first-order chi connectivity index (χ1) is 12.0. The van der Waals surface area contributed by atoms with Gasteiger partial charge in [-0.05, 0) is 11.8 Å². The summed E-state index contributed by atoms with van der Waals surface area (Å²) in [5, 5.41) is 11.6. The lowest BCUT2D eigenvalue weighted by Crippen LogP contribution is -2.71. The number of aliphatic carboxylic acids is 1. The number of rotatable bonds is 5. The molecule has 2 amide bonds. The normalized spacial score (nSPS) is 23.6. The summed E-state index contributed by atoms with van der Waals surface area (Å²) >= 11 is 2.75. The van der Waals surface area contributed by atoms with Crippen molar-refractivity contribution < 1.29 is 19.5 Å². The number of hydrogen-bond donors (Lipinski definition) is 3. The van der Waals surface area contributed by atoms with E-state index in [-0.39, 0.29) is 5.70 Å². The number of carboxylic acids is 1. The highest BCUT2D eigenvalue weighted by Crippen LogP contribution is 2.42. The highest BCUT2D eigenvalue weighted by atomic mass is 32.2. The minimum Gasteiger partial charge on any atom is -0.477 e. The number of nitrogens with zero attached hydrogens (tertiary/aromatic N) is 1. The summed E-state index contributed by atoms with van der Waals surface area (Å²) in [6.45, 7) is 0. The number of benzene rings is 1. The maximum atomic E-state index is 12.4. The van der Waals surface area contributed by atoms with Crippen LogP contribution in [0, 0.1) is 0 Å². The highest BCUT2D eigenvalue weighted by molar-refractivity contribution is 8.05. The van der Waals surface area contributed by atoms with E-state index in [0.29, 0.717) is 16.2 Å². The van der Waals surface area contributed by atoms with Crippen LogP contribution in [0.15, 0.2) is 40.9 Å². The summed E-state index contributed by atoms with van der Waals surface area (Å²) in [6.07, 6.45) is 1.78. The van der Waals surface area contributed by atoms with Crippen molar-refractivity contribution in [1.82, 2.24) is 10.2 Å². The van der Waals surface area contributed by atoms with Crippen LogP contribution in [0.5, 0.6) is 0 Å². The van der Waals surface area contributed by atoms with Gasteiger partial charge < -0.3 is 16.2 Å². The van der Waals surface area contributed by atoms with Gasteiger partial charge in [0.2, 0.25) is 5.91 Å². The van der Waals surface area contributed by atoms with Crippen molar-refractivity contribution >= 4 is 41.3 Å². The number of amides is 2. The molecule has 0 saturated carbocycles. The second-order valence-corrected chi connectivity index (χ2v) is 7.57. The van der Waals surface area contributed by atoms with Gasteiger partial charge in [-0.3, -0.25) is 14.5 Å². The van der Waals surface area contributed by atoms with Crippen molar-refractivity contribution in [1.29, 1.82) is 0 Å². The molecule has 132 valence electrons. The summed E-state index contributed by atoms with van der Waals surface area (Å²) < 4.78 is 0. The minimum atomic E-state index is -1.13. The molecule has 1 aromatic rings. The Hall–Kier alpha value is -1.97. The van der Waals surface area contributed by atoms with Crippen LogP contribution >= 0.6 is 23.5 Å². The minimum absolute atomic E-state index is 0.0131. The summed E-state index contributed by atoms with van der Waals surface area (Å²) in [5.74, 6) is -1.52. The SMILES string of the molecule is CSC1=C(C(=O)O)N2C(=O)[C@@H](NC(=O)[C@@H](N)c3ccccc3)[C@@H]2SC1. The fourth-order valence-electron chi connectivity index (χ4n) is 2.80. The molecule has 0 aliphatic carbocycles. The molecule has 0 spiro atoms. The van der Waals surface area contributed by atoms with Crippen LogP contribution in [0.1, 0.15) is 11.6 Å². The molecule has 3 atom stereocenters. The fraction of sp³-hybridized carbons (Fsp3) is 0.312. The smallest absolute Gasteiger partial charge is 0.353 e. The van der Waals surface area contributed by atoms with Crippen LogP contribution < -0.4 is 11.1 Å². The molecule has 0 bridgehead atoms. The van der Waals surface area contributed by atoms with Crippen molar-refractivity contribution in [2.24, 2.45) is 5.73 Å². The lowest BCUT2D eigenvalue weighted by Gasteiger charge is -2.49. The molecule has 4 N–H and O–H groups in total. The van der Waals surface area contributed by atoms with Crippen LogP contribution in [-0.4, -0.2) is 51.2 Å². The maximum absolute atomic E-state index is 12.4. The van der Waals surface area contributed by atoms with E-state index in [0.717, 1.165) is 0 Å². The number of carbonyl (C=O) groups excluding carboxylic acids is 2. The molecule has 0 aromatic heterocycles. The van der Waals surface area contributed by atoms with E-state index in [1.807, 2.05) is 6.07 Å². The van der Waals surface area contributed by atoms with Crippen molar-refractivity contribution in [2.75, 3.05) is 12.0 Å². The Morgan fingerprint density at radius 2 is 2.08 bits per heavy atom. The van der Waals surface area contributed by atoms with Crippen LogP contribution in [0.2, 0.25) is 0 Å². The standard InChI is InChI=1S/C16H17N3O4S2/c1-24-9-7-25-15-11(14(21)19(15)12(9)16(22)23)18-13(20)10(17)8-5-3-2-4-6-8/h2-6,10-11,15H,7,17H2,1H3,(H,18,20)(H,22,23)/t10-,11+,15-/m0/s1. The molecule has 0 unspecified atom stereocenters. The lowest BCUT2D eigenvalue weighted by atomic mass is 10.0. The average molecular weight is 379 g/mol. The molecule has 0 radical (unpaired) electrons. The molecule has 2 aliphatic rings. The first-order valence-corrected chi connectivity index (χ1v) is 9.79. The van der Waals surface area contributed by atoms with Gasteiger partial charge in [0.25, 0.3) is 5.91 Å². The molecule has 2 heterocycles. The van der Waals surface area contributed by atoms with Crippen molar-refractivity contribution in [3.63, 3.8) is 0 Å². The first kappa shape index (κ1) is 17.8. The van der Waals surface area contributed by atoms with Gasteiger partial charge in [0.15, 0.2) is 0 Å². The summed E-state index contributed by atoms with van der Waals surface area (Å²) in [7, 11) is 0. The number of carbonyl (C=O) groups is 3. The summed E-state index contributed by atoms with van der Waals surface area (Å²) in [4.78, 5) is 38.2. The molecular formula is C16H17N3O4S2. The highest BCUT2D eigenvalue weighted by Gasteiger charge is 2.54. The number of hydrogen-bond acceptors (Lipinski definition) is 6. The Kier molecular flexibility index (Phi) is 5.07. The van der Waals surface area contributed by atoms with Gasteiger partial charge in [-0.15, -0.1) is 23.5 Å². The van der Waals surface area contributed by atoms with E-state index in [2.05, 4.69) is 5.32 Å². The molecule has 25 heavy (non-hydrogen) atoms. The third-order valence-corrected chi connectivity index (χ3v) is 6.41. The van der Waals surface area contributed by atoms with Gasteiger partial charge >= 0.3 is 5.97 Å². The third-order valence-electron chi connectivity index (χ3n) is 4.12. The van der Waals surface area contributed by atoms with Crippen LogP contribution in [0.4, 0.5) is 0 Å². The quantitative estimate of drug-likeness (QED) is 0.647. The predicted molar refractivity (Wildman–Crippen MR) is 96.6 cm³/mol. The number of thioether (sulfide) groups is 2. The number of fused-ring (bicyclic) bond motifs is 1. The Morgan fingerprint density at radius 3 is 2.68 bits per heavy atom. The molecule has 1 aromatic carbocycles. The molecule has 7 nitrogen and oxygen atoms in total. The van der Waals surface area contributed by atoms with Gasteiger partial charge in [-0.2, -0.15) is 0 Å². The number of nitrogens with one attached hydrogen (secondary N) is 1. The summed E-state index contributed by atoms with van der Waals surface area (Å²) in [5.41, 5.74) is 6.61. The van der Waals surface area contributed by atoms with Crippen LogP contribution in [0.25, 0.3) is 0 Å². The van der Waals surface area contributed by atoms with Gasteiger partial charge in [0, 0.05) is 10.7 Å². The van der Waals surface area contributed by atoms with Crippen molar-refractivity contribution in [3.05, 3.63) is 46.5 Å². The fourth-order valence-corrected chi connectivity index (χ4v) is 5.05. The predicted octanol–water partition coefficient (Wildman–Crippen LogP) is 0.746. The molecule has 3 rings (SSSR count). The van der Waals surface area contributed by atoms with Crippen LogP contribution in [0.3, 0.4) is 0 Å². The second kappa shape index (κ2) is 7.11. The number of nitrogens with two attached hydrogens (primary N) is 1. The van der Waals surface area contributed by atoms with Gasteiger partial charge in [0.05, 0.1) is 0 Å². The van der Waals surface area contributed by atoms with Crippen molar-refractivity contribution in [2.45, 2.75) is 17.5 Å². The molecule has 1 fully saturated rings. The number of carboxylic acid groups (broad SMARTS) is 1. The third kappa shape index (κ3) is 3.14. The van der Waals surface area contributed by atoms with E-state index in [9.17, 15) is 19.5 Å². The van der Waals surface area contributed by atoms with E-state index < -0.39 is 35.2 Å². The Morgan fingerprint density at radius 1 is 1.40 bits per heavy atom. The lowest BCUT2D eigenvalue weighted by molar-refractivity contribution is -0.150. The Balaban J connectivity index is 1.73. The zero-order valence-corrected chi connectivity index (χ0v) is 15.0. The monoisotopic (exact) mass is 379 g/mol. The largest absolute Gasteiger partial charge is 0.477 e. The molecule has 9 heteroatoms. The Bertz CT molecular complexity index is 753. The van der Waals surface area contributed by atoms with Crippen molar-refractivity contribution in [3.8, 4) is 0 Å².